The number of benzene rings is 1. The molecule has 94 valence electrons. The van der Waals surface area contributed by atoms with Gasteiger partial charge in [-0.15, -0.1) is 0 Å². The molecule has 0 N–H and O–H groups in total. The fraction of sp³-hybridized carbons (Fsp3) is 0.500. The highest BCUT2D eigenvalue weighted by Gasteiger charge is 2.25. The van der Waals surface area contributed by atoms with E-state index in [2.05, 4.69) is 13.0 Å². The summed E-state index contributed by atoms with van der Waals surface area (Å²) >= 11 is 0. The predicted octanol–water partition coefficient (Wildman–Crippen LogP) is 3.96. The molecule has 2 rings (SSSR count). The zero-order valence-corrected chi connectivity index (χ0v) is 10.9. The van der Waals surface area contributed by atoms with Crippen LogP contribution in [0.25, 0.3) is 0 Å². The van der Waals surface area contributed by atoms with E-state index in [1.807, 2.05) is 0 Å². The van der Waals surface area contributed by atoms with Crippen molar-refractivity contribution < 1.29 is 4.79 Å². The van der Waals surface area contributed by atoms with Crippen LogP contribution in [-0.2, 0) is 0 Å². The van der Waals surface area contributed by atoms with Gasteiger partial charge in [-0.1, -0.05) is 31.9 Å². The van der Waals surface area contributed by atoms with Crippen molar-refractivity contribution in [2.75, 3.05) is 0 Å². The Morgan fingerprint density at radius 3 is 2.50 bits per heavy atom. The van der Waals surface area contributed by atoms with Crippen LogP contribution in [0.5, 0.6) is 0 Å². The zero-order chi connectivity index (χ0) is 13.0. The summed E-state index contributed by atoms with van der Waals surface area (Å²) in [5, 5.41) is 8.72. The van der Waals surface area contributed by atoms with Crippen LogP contribution in [0, 0.1) is 23.2 Å². The van der Waals surface area contributed by atoms with Crippen molar-refractivity contribution in [3.05, 3.63) is 35.4 Å². The van der Waals surface area contributed by atoms with Crippen LogP contribution in [0.3, 0.4) is 0 Å². The third-order valence-electron chi connectivity index (χ3n) is 4.04. The lowest BCUT2D eigenvalue weighted by Crippen LogP contribution is -2.06. The van der Waals surface area contributed by atoms with Crippen LogP contribution in [0.4, 0.5) is 0 Å². The van der Waals surface area contributed by atoms with Crippen LogP contribution >= 0.6 is 0 Å². The minimum Gasteiger partial charge on any atom is -0.294 e. The van der Waals surface area contributed by atoms with E-state index in [4.69, 9.17) is 5.26 Å². The summed E-state index contributed by atoms with van der Waals surface area (Å²) in [4.78, 5) is 12.1. The SMILES string of the molecule is CCC1CCC(CC(=O)c2ccc(C#N)cc2)C1. The van der Waals surface area contributed by atoms with Crippen molar-refractivity contribution >= 4 is 5.78 Å². The smallest absolute Gasteiger partial charge is 0.163 e. The molecule has 0 bridgehead atoms. The maximum Gasteiger partial charge on any atom is 0.163 e. The second-order valence-electron chi connectivity index (χ2n) is 5.27. The van der Waals surface area contributed by atoms with Gasteiger partial charge in [0.25, 0.3) is 0 Å². The number of hydrogen-bond acceptors (Lipinski definition) is 2. The van der Waals surface area contributed by atoms with Gasteiger partial charge in [0, 0.05) is 12.0 Å². The molecule has 2 unspecified atom stereocenters. The van der Waals surface area contributed by atoms with E-state index in [1.165, 1.54) is 25.7 Å². The van der Waals surface area contributed by atoms with Crippen LogP contribution in [0.1, 0.15) is 54.9 Å². The van der Waals surface area contributed by atoms with Gasteiger partial charge >= 0.3 is 0 Å². The summed E-state index contributed by atoms with van der Waals surface area (Å²) in [5.74, 6) is 1.61. The first kappa shape index (κ1) is 12.8. The average Bonchev–Trinajstić information content (AvgIpc) is 2.86. The molecule has 0 saturated heterocycles. The number of hydrogen-bond donors (Lipinski definition) is 0. The molecular weight excluding hydrogens is 222 g/mol. The largest absolute Gasteiger partial charge is 0.294 e. The first-order valence-electron chi connectivity index (χ1n) is 6.76. The molecule has 0 heterocycles. The molecule has 0 aliphatic heterocycles. The highest BCUT2D eigenvalue weighted by molar-refractivity contribution is 5.96. The molecule has 0 radical (unpaired) electrons. The average molecular weight is 241 g/mol. The predicted molar refractivity (Wildman–Crippen MR) is 71.2 cm³/mol. The molecule has 2 atom stereocenters. The number of rotatable bonds is 4. The number of Topliss-reactive ketones (excluding diaryl/α,β-unsaturated/α-hetero) is 1. The summed E-state index contributed by atoms with van der Waals surface area (Å²) in [5.41, 5.74) is 1.35. The monoisotopic (exact) mass is 241 g/mol. The summed E-state index contributed by atoms with van der Waals surface area (Å²) in [6.07, 6.45) is 5.59. The Labute approximate surface area is 109 Å². The highest BCUT2D eigenvalue weighted by Crippen LogP contribution is 2.35. The van der Waals surface area contributed by atoms with Gasteiger partial charge < -0.3 is 0 Å². The van der Waals surface area contributed by atoms with Crippen LogP contribution in [0.2, 0.25) is 0 Å². The Balaban J connectivity index is 1.93. The third-order valence-corrected chi connectivity index (χ3v) is 4.04. The topological polar surface area (TPSA) is 40.9 Å². The van der Waals surface area contributed by atoms with E-state index in [0.29, 0.717) is 17.9 Å². The Hall–Kier alpha value is -1.62. The number of carbonyl (C=O) groups excluding carboxylic acids is 1. The fourth-order valence-electron chi connectivity index (χ4n) is 2.85. The third kappa shape index (κ3) is 2.98. The lowest BCUT2D eigenvalue weighted by Gasteiger charge is -2.09. The molecule has 1 aromatic carbocycles. The Kier molecular flexibility index (Phi) is 4.15. The molecule has 0 amide bonds. The van der Waals surface area contributed by atoms with Crippen molar-refractivity contribution in [3.63, 3.8) is 0 Å². The molecule has 2 heteroatoms. The minimum absolute atomic E-state index is 0.223. The molecule has 1 aliphatic carbocycles. The maximum absolute atomic E-state index is 12.1. The molecular formula is C16H19NO. The summed E-state index contributed by atoms with van der Waals surface area (Å²) in [6.45, 7) is 2.23. The van der Waals surface area contributed by atoms with Gasteiger partial charge in [0.1, 0.15) is 0 Å². The van der Waals surface area contributed by atoms with Gasteiger partial charge in [-0.05, 0) is 36.8 Å². The Morgan fingerprint density at radius 2 is 1.94 bits per heavy atom. The van der Waals surface area contributed by atoms with Gasteiger partial charge in [-0.2, -0.15) is 5.26 Å². The van der Waals surface area contributed by atoms with Crippen LogP contribution < -0.4 is 0 Å². The highest BCUT2D eigenvalue weighted by atomic mass is 16.1. The maximum atomic E-state index is 12.1. The Morgan fingerprint density at radius 1 is 1.28 bits per heavy atom. The molecule has 0 spiro atoms. The number of carbonyl (C=O) groups is 1. The summed E-state index contributed by atoms with van der Waals surface area (Å²) in [7, 11) is 0. The zero-order valence-electron chi connectivity index (χ0n) is 10.9. The first-order chi connectivity index (χ1) is 8.72. The van der Waals surface area contributed by atoms with E-state index in [9.17, 15) is 4.79 Å². The van der Waals surface area contributed by atoms with Gasteiger partial charge in [0.05, 0.1) is 11.6 Å². The van der Waals surface area contributed by atoms with E-state index < -0.39 is 0 Å². The van der Waals surface area contributed by atoms with Gasteiger partial charge in [-0.25, -0.2) is 0 Å². The van der Waals surface area contributed by atoms with Crippen molar-refractivity contribution in [1.29, 1.82) is 5.26 Å². The quantitative estimate of drug-likeness (QED) is 0.749. The van der Waals surface area contributed by atoms with Crippen LogP contribution in [-0.4, -0.2) is 5.78 Å². The fourth-order valence-corrected chi connectivity index (χ4v) is 2.85. The van der Waals surface area contributed by atoms with Gasteiger partial charge in [-0.3, -0.25) is 4.79 Å². The van der Waals surface area contributed by atoms with E-state index in [1.54, 1.807) is 24.3 Å². The first-order valence-corrected chi connectivity index (χ1v) is 6.76. The minimum atomic E-state index is 0.223. The molecule has 18 heavy (non-hydrogen) atoms. The van der Waals surface area contributed by atoms with E-state index in [-0.39, 0.29) is 5.78 Å². The molecule has 1 aliphatic rings. The second kappa shape index (κ2) is 5.82. The molecule has 2 nitrogen and oxygen atoms in total. The van der Waals surface area contributed by atoms with Gasteiger partial charge in [0.2, 0.25) is 0 Å². The van der Waals surface area contributed by atoms with Crippen molar-refractivity contribution in [1.82, 2.24) is 0 Å². The van der Waals surface area contributed by atoms with E-state index in [0.717, 1.165) is 11.5 Å². The van der Waals surface area contributed by atoms with E-state index >= 15 is 0 Å². The molecule has 1 saturated carbocycles. The number of nitriles is 1. The van der Waals surface area contributed by atoms with Crippen molar-refractivity contribution in [2.24, 2.45) is 11.8 Å². The van der Waals surface area contributed by atoms with Crippen molar-refractivity contribution in [2.45, 2.75) is 39.0 Å². The Bertz CT molecular complexity index is 455. The van der Waals surface area contributed by atoms with Crippen molar-refractivity contribution in [3.8, 4) is 6.07 Å². The molecule has 0 aromatic heterocycles. The summed E-state index contributed by atoms with van der Waals surface area (Å²) in [6, 6.07) is 9.05. The standard InChI is InChI=1S/C16H19NO/c1-2-12-3-4-14(9-12)10-16(18)15-7-5-13(11-17)6-8-15/h5-8,12,14H,2-4,9-10H2,1H3. The molecule has 1 aromatic rings. The van der Waals surface area contributed by atoms with Gasteiger partial charge in [0.15, 0.2) is 5.78 Å². The lowest BCUT2D eigenvalue weighted by atomic mass is 9.95. The normalized spacial score (nSPS) is 22.7. The summed E-state index contributed by atoms with van der Waals surface area (Å²) < 4.78 is 0. The number of ketones is 1. The van der Waals surface area contributed by atoms with Crippen LogP contribution in [0.15, 0.2) is 24.3 Å². The number of nitrogens with zero attached hydrogens (tertiary/aromatic N) is 1. The molecule has 1 fully saturated rings. The lowest BCUT2D eigenvalue weighted by molar-refractivity contribution is 0.0961. The second-order valence-corrected chi connectivity index (χ2v) is 5.27.